The predicted molar refractivity (Wildman–Crippen MR) is 242 cm³/mol. The van der Waals surface area contributed by atoms with Gasteiger partial charge in [-0.25, -0.2) is 0 Å². The van der Waals surface area contributed by atoms with Crippen molar-refractivity contribution in [3.05, 3.63) is 200 Å². The molecule has 58 heavy (non-hydrogen) atoms. The molecule has 0 N–H and O–H groups in total. The summed E-state index contributed by atoms with van der Waals surface area (Å²) in [4.78, 5) is 0. The van der Waals surface area contributed by atoms with Crippen LogP contribution in [0.15, 0.2) is 205 Å². The van der Waals surface area contributed by atoms with E-state index in [4.69, 9.17) is 4.42 Å². The standard InChI is InChI=1S/C54H33N3O/c1-2-14-35(15-3-1)55-46-23-11-6-19-41(46)53-49(55)30-31-50-54(53)42-20-7-12-24-47(42)57(50)44-21-9-4-16-37(44)34-26-29-48-43(32-34)38-17-5-10-22-45(38)56(48)36-27-28-40-39-18-8-13-25-51(39)58-52(40)33-36/h1-33H. The average molecular weight is 740 g/mol. The molecular weight excluding hydrogens is 707 g/mol. The Morgan fingerprint density at radius 3 is 1.60 bits per heavy atom. The maximum Gasteiger partial charge on any atom is 0.137 e. The van der Waals surface area contributed by atoms with E-state index in [0.717, 1.165) is 44.5 Å². The average Bonchev–Trinajstić information content (AvgIpc) is 4.02. The Kier molecular flexibility index (Phi) is 6.41. The first-order valence-electron chi connectivity index (χ1n) is 19.9. The molecule has 0 aliphatic heterocycles. The zero-order valence-corrected chi connectivity index (χ0v) is 31.3. The fourth-order valence-corrected chi connectivity index (χ4v) is 9.82. The lowest BCUT2D eigenvalue weighted by molar-refractivity contribution is 0.668. The van der Waals surface area contributed by atoms with Crippen molar-refractivity contribution in [3.8, 4) is 28.2 Å². The smallest absolute Gasteiger partial charge is 0.137 e. The van der Waals surface area contributed by atoms with E-state index in [0.29, 0.717) is 0 Å². The molecule has 0 aliphatic carbocycles. The maximum atomic E-state index is 6.35. The Labute approximate surface area is 332 Å². The van der Waals surface area contributed by atoms with Crippen LogP contribution in [0, 0.1) is 0 Å². The summed E-state index contributed by atoms with van der Waals surface area (Å²) in [6.07, 6.45) is 0. The first-order valence-corrected chi connectivity index (χ1v) is 19.9. The lowest BCUT2D eigenvalue weighted by atomic mass is 10.0. The Morgan fingerprint density at radius 1 is 0.293 bits per heavy atom. The van der Waals surface area contributed by atoms with E-state index in [-0.39, 0.29) is 0 Å². The van der Waals surface area contributed by atoms with Crippen LogP contribution in [0.1, 0.15) is 0 Å². The number of para-hydroxylation sites is 6. The molecule has 9 aromatic carbocycles. The third kappa shape index (κ3) is 4.29. The molecule has 0 unspecified atom stereocenters. The van der Waals surface area contributed by atoms with Gasteiger partial charge in [0.25, 0.3) is 0 Å². The fraction of sp³-hybridized carbons (Fsp3) is 0. The minimum absolute atomic E-state index is 0.892. The highest BCUT2D eigenvalue weighted by Crippen LogP contribution is 2.44. The van der Waals surface area contributed by atoms with Crippen LogP contribution in [0.25, 0.3) is 116 Å². The van der Waals surface area contributed by atoms with E-state index in [1.165, 1.54) is 71.0 Å². The molecule has 13 rings (SSSR count). The summed E-state index contributed by atoms with van der Waals surface area (Å²) >= 11 is 0. The first kappa shape index (κ1) is 31.4. The van der Waals surface area contributed by atoms with Gasteiger partial charge >= 0.3 is 0 Å². The highest BCUT2D eigenvalue weighted by Gasteiger charge is 2.22. The van der Waals surface area contributed by atoms with Crippen LogP contribution in [0.5, 0.6) is 0 Å². The SMILES string of the molecule is c1ccc(-n2c3ccccc3c3c4c5ccccc5n(-c5ccccc5-c5ccc6c(c5)c5ccccc5n6-c5ccc6c(c5)oc5ccccc56)c4ccc32)cc1. The highest BCUT2D eigenvalue weighted by molar-refractivity contribution is 6.29. The monoisotopic (exact) mass is 739 g/mol. The number of nitrogens with zero attached hydrogens (tertiary/aromatic N) is 3. The van der Waals surface area contributed by atoms with Crippen molar-refractivity contribution >= 4 is 87.4 Å². The molecule has 0 saturated heterocycles. The van der Waals surface area contributed by atoms with E-state index in [1.54, 1.807) is 0 Å². The zero-order chi connectivity index (χ0) is 37.9. The summed E-state index contributed by atoms with van der Waals surface area (Å²) < 4.78 is 13.6. The van der Waals surface area contributed by atoms with Crippen molar-refractivity contribution < 1.29 is 4.42 Å². The minimum Gasteiger partial charge on any atom is -0.456 e. The lowest BCUT2D eigenvalue weighted by Gasteiger charge is -2.15. The number of rotatable bonds is 4. The summed E-state index contributed by atoms with van der Waals surface area (Å²) in [6, 6.07) is 72.5. The van der Waals surface area contributed by atoms with Crippen LogP contribution in [-0.4, -0.2) is 13.7 Å². The van der Waals surface area contributed by atoms with Crippen molar-refractivity contribution in [1.82, 2.24) is 13.7 Å². The van der Waals surface area contributed by atoms with E-state index < -0.39 is 0 Å². The van der Waals surface area contributed by atoms with Gasteiger partial charge in [0.1, 0.15) is 11.2 Å². The molecule has 0 aliphatic rings. The maximum absolute atomic E-state index is 6.35. The van der Waals surface area contributed by atoms with Gasteiger partial charge in [-0.15, -0.1) is 0 Å². The number of furan rings is 1. The molecule has 4 heterocycles. The highest BCUT2D eigenvalue weighted by atomic mass is 16.3. The Morgan fingerprint density at radius 2 is 0.828 bits per heavy atom. The van der Waals surface area contributed by atoms with Gasteiger partial charge in [0.2, 0.25) is 0 Å². The van der Waals surface area contributed by atoms with Gasteiger partial charge < -0.3 is 18.1 Å². The van der Waals surface area contributed by atoms with Crippen LogP contribution in [0.3, 0.4) is 0 Å². The number of hydrogen-bond donors (Lipinski definition) is 0. The molecule has 0 spiro atoms. The molecular formula is C54H33N3O. The van der Waals surface area contributed by atoms with Crippen LogP contribution in [-0.2, 0) is 0 Å². The normalized spacial score (nSPS) is 12.1. The van der Waals surface area contributed by atoms with Crippen LogP contribution >= 0.6 is 0 Å². The molecule has 0 fully saturated rings. The second-order valence-electron chi connectivity index (χ2n) is 15.3. The zero-order valence-electron chi connectivity index (χ0n) is 31.3. The van der Waals surface area contributed by atoms with E-state index in [1.807, 2.05) is 12.1 Å². The summed E-state index contributed by atoms with van der Waals surface area (Å²) in [5.74, 6) is 0. The van der Waals surface area contributed by atoms with Crippen molar-refractivity contribution in [1.29, 1.82) is 0 Å². The van der Waals surface area contributed by atoms with Gasteiger partial charge in [0.05, 0.1) is 38.8 Å². The largest absolute Gasteiger partial charge is 0.456 e. The van der Waals surface area contributed by atoms with Crippen LogP contribution < -0.4 is 0 Å². The number of hydrogen-bond acceptors (Lipinski definition) is 1. The molecule has 13 aromatic rings. The summed E-state index contributed by atoms with van der Waals surface area (Å²) in [5, 5.41) is 9.75. The van der Waals surface area contributed by atoms with Crippen molar-refractivity contribution in [3.63, 3.8) is 0 Å². The van der Waals surface area contributed by atoms with Crippen molar-refractivity contribution in [2.45, 2.75) is 0 Å². The van der Waals surface area contributed by atoms with Crippen molar-refractivity contribution in [2.24, 2.45) is 0 Å². The predicted octanol–water partition coefficient (Wildman–Crippen LogP) is 14.5. The van der Waals surface area contributed by atoms with Gasteiger partial charge in [-0.05, 0) is 84.4 Å². The molecule has 0 saturated carbocycles. The van der Waals surface area contributed by atoms with Gasteiger partial charge in [0, 0.05) is 66.1 Å². The number of fused-ring (bicyclic) bond motifs is 13. The number of benzene rings is 9. The van der Waals surface area contributed by atoms with Crippen LogP contribution in [0.4, 0.5) is 0 Å². The lowest BCUT2D eigenvalue weighted by Crippen LogP contribution is -1.97. The molecule has 0 radical (unpaired) electrons. The molecule has 0 amide bonds. The summed E-state index contributed by atoms with van der Waals surface area (Å²) in [6.45, 7) is 0. The van der Waals surface area contributed by atoms with E-state index in [9.17, 15) is 0 Å². The second-order valence-corrected chi connectivity index (χ2v) is 15.3. The van der Waals surface area contributed by atoms with Gasteiger partial charge in [-0.3, -0.25) is 0 Å². The van der Waals surface area contributed by atoms with E-state index >= 15 is 0 Å². The first-order chi connectivity index (χ1) is 28.8. The Hall–Kier alpha value is -7.82. The van der Waals surface area contributed by atoms with Crippen molar-refractivity contribution in [2.75, 3.05) is 0 Å². The third-order valence-corrected chi connectivity index (χ3v) is 12.2. The van der Waals surface area contributed by atoms with Crippen LogP contribution in [0.2, 0.25) is 0 Å². The minimum atomic E-state index is 0.892. The molecule has 0 atom stereocenters. The molecule has 4 nitrogen and oxygen atoms in total. The van der Waals surface area contributed by atoms with Gasteiger partial charge in [-0.1, -0.05) is 115 Å². The Balaban J connectivity index is 1.04. The molecule has 4 aromatic heterocycles. The number of aromatic nitrogens is 3. The molecule has 4 heteroatoms. The van der Waals surface area contributed by atoms with Gasteiger partial charge in [-0.2, -0.15) is 0 Å². The fourth-order valence-electron chi connectivity index (χ4n) is 9.82. The van der Waals surface area contributed by atoms with Gasteiger partial charge in [0.15, 0.2) is 0 Å². The Bertz CT molecular complexity index is 3800. The second kappa shape index (κ2) is 11.8. The third-order valence-electron chi connectivity index (χ3n) is 12.2. The summed E-state index contributed by atoms with van der Waals surface area (Å²) in [7, 11) is 0. The van der Waals surface area contributed by atoms with E-state index in [2.05, 4.69) is 202 Å². The quantitative estimate of drug-likeness (QED) is 0.177. The molecule has 0 bridgehead atoms. The summed E-state index contributed by atoms with van der Waals surface area (Å²) in [5.41, 5.74) is 14.7. The topological polar surface area (TPSA) is 27.9 Å². The molecule has 270 valence electrons.